The average molecular weight is 404 g/mol. The van der Waals surface area contributed by atoms with E-state index < -0.39 is 0 Å². The molecule has 5 heteroatoms. The van der Waals surface area contributed by atoms with E-state index in [1.54, 1.807) is 18.2 Å². The smallest absolute Gasteiger partial charge is 0.256 e. The zero-order valence-electron chi connectivity index (χ0n) is 10.7. The van der Waals surface area contributed by atoms with Crippen molar-refractivity contribution in [2.75, 3.05) is 5.32 Å². The van der Waals surface area contributed by atoms with Gasteiger partial charge in [0.2, 0.25) is 0 Å². The lowest BCUT2D eigenvalue weighted by atomic mass is 10.0. The van der Waals surface area contributed by atoms with Gasteiger partial charge in [0.25, 0.3) is 5.91 Å². The molecule has 102 valence electrons. The van der Waals surface area contributed by atoms with Crippen molar-refractivity contribution >= 4 is 55.1 Å². The van der Waals surface area contributed by atoms with Crippen LogP contribution in [0.15, 0.2) is 45.3 Å². The number of benzene rings is 2. The Morgan fingerprint density at radius 3 is 2.71 bits per heavy atom. The summed E-state index contributed by atoms with van der Waals surface area (Å²) in [5.41, 5.74) is 3.39. The molecule has 1 aliphatic heterocycles. The lowest BCUT2D eigenvalue weighted by Crippen LogP contribution is -2.04. The van der Waals surface area contributed by atoms with Crippen molar-refractivity contribution in [1.82, 2.24) is 0 Å². The van der Waals surface area contributed by atoms with Crippen LogP contribution in [0.5, 0.6) is 0 Å². The molecule has 0 unspecified atom stereocenters. The van der Waals surface area contributed by atoms with Gasteiger partial charge < -0.3 is 5.32 Å². The Bertz CT molecular complexity index is 835. The van der Waals surface area contributed by atoms with Gasteiger partial charge in [0.1, 0.15) is 0 Å². The molecule has 0 saturated carbocycles. The molecule has 1 heterocycles. The molecule has 0 fully saturated rings. The number of fused-ring (bicyclic) bond motifs is 1. The largest absolute Gasteiger partial charge is 0.320 e. The maximum absolute atomic E-state index is 12.2. The van der Waals surface area contributed by atoms with Crippen molar-refractivity contribution in [3.05, 3.63) is 62.0 Å². The number of hydrogen-bond donors (Lipinski definition) is 1. The van der Waals surface area contributed by atoms with Crippen molar-refractivity contribution in [3.63, 3.8) is 0 Å². The maximum atomic E-state index is 12.2. The van der Waals surface area contributed by atoms with E-state index in [0.29, 0.717) is 11.1 Å². The quantitative estimate of drug-likeness (QED) is 0.708. The van der Waals surface area contributed by atoms with Crippen molar-refractivity contribution in [1.29, 1.82) is 5.26 Å². The molecule has 3 nitrogen and oxygen atoms in total. The third-order valence-corrected chi connectivity index (χ3v) is 4.29. The van der Waals surface area contributed by atoms with Crippen LogP contribution in [0, 0.1) is 11.3 Å². The second kappa shape index (κ2) is 5.47. The second-order valence-electron chi connectivity index (χ2n) is 4.52. The summed E-state index contributed by atoms with van der Waals surface area (Å²) in [6.45, 7) is 0. The molecule has 0 aliphatic carbocycles. The van der Waals surface area contributed by atoms with E-state index in [0.717, 1.165) is 25.8 Å². The van der Waals surface area contributed by atoms with E-state index in [9.17, 15) is 4.79 Å². The van der Waals surface area contributed by atoms with Crippen LogP contribution in [0.1, 0.15) is 16.7 Å². The summed E-state index contributed by atoms with van der Waals surface area (Å²) in [4.78, 5) is 12.2. The number of amides is 1. The minimum Gasteiger partial charge on any atom is -0.320 e. The lowest BCUT2D eigenvalue weighted by molar-refractivity contribution is -0.110. The SMILES string of the molecule is N#Cc1ccccc1C=C1C(=O)Nc2c(Br)cc(Br)cc21. The fraction of sp³-hybridized carbons (Fsp3) is 0. The normalized spacial score (nSPS) is 14.7. The lowest BCUT2D eigenvalue weighted by Gasteiger charge is -2.03. The first kappa shape index (κ1) is 14.1. The fourth-order valence-corrected chi connectivity index (χ4v) is 3.56. The van der Waals surface area contributed by atoms with Gasteiger partial charge >= 0.3 is 0 Å². The van der Waals surface area contributed by atoms with Gasteiger partial charge in [-0.1, -0.05) is 34.1 Å². The number of rotatable bonds is 1. The fourth-order valence-electron chi connectivity index (χ4n) is 2.24. The van der Waals surface area contributed by atoms with E-state index in [1.165, 1.54) is 0 Å². The molecule has 3 rings (SSSR count). The summed E-state index contributed by atoms with van der Waals surface area (Å²) in [6.07, 6.45) is 1.75. The summed E-state index contributed by atoms with van der Waals surface area (Å²) in [5.74, 6) is -0.170. The van der Waals surface area contributed by atoms with Crippen LogP contribution < -0.4 is 5.32 Å². The molecule has 0 saturated heterocycles. The Morgan fingerprint density at radius 2 is 1.95 bits per heavy atom. The molecule has 0 atom stereocenters. The number of halogens is 2. The summed E-state index contributed by atoms with van der Waals surface area (Å²) in [6, 6.07) is 13.1. The van der Waals surface area contributed by atoms with Gasteiger partial charge in [-0.15, -0.1) is 0 Å². The van der Waals surface area contributed by atoms with Crippen LogP contribution >= 0.6 is 31.9 Å². The molecule has 0 spiro atoms. The summed E-state index contributed by atoms with van der Waals surface area (Å²) in [5, 5.41) is 12.0. The van der Waals surface area contributed by atoms with Gasteiger partial charge in [0, 0.05) is 20.1 Å². The molecule has 2 aromatic rings. The molecular formula is C16H8Br2N2O. The molecule has 2 aromatic carbocycles. The van der Waals surface area contributed by atoms with Crippen LogP contribution in [0.3, 0.4) is 0 Å². The topological polar surface area (TPSA) is 52.9 Å². The number of nitrogens with zero attached hydrogens (tertiary/aromatic N) is 1. The van der Waals surface area contributed by atoms with Crippen LogP contribution in [0.25, 0.3) is 11.6 Å². The van der Waals surface area contributed by atoms with Gasteiger partial charge in [-0.05, 0) is 45.8 Å². The molecule has 21 heavy (non-hydrogen) atoms. The number of hydrogen-bond acceptors (Lipinski definition) is 2. The average Bonchev–Trinajstić information content (AvgIpc) is 2.77. The zero-order chi connectivity index (χ0) is 15.0. The first-order chi connectivity index (χ1) is 10.1. The standard InChI is InChI=1S/C16H8Br2N2O/c17-11-6-12-13(16(21)20-15(12)14(18)7-11)5-9-3-1-2-4-10(9)8-19/h1-7H,(H,20,21). The van der Waals surface area contributed by atoms with Gasteiger partial charge in [-0.2, -0.15) is 5.26 Å². The molecule has 0 aromatic heterocycles. The van der Waals surface area contributed by atoms with E-state index in [1.807, 2.05) is 24.3 Å². The number of carbonyl (C=O) groups excluding carboxylic acids is 1. The van der Waals surface area contributed by atoms with E-state index in [-0.39, 0.29) is 5.91 Å². The molecule has 0 bridgehead atoms. The van der Waals surface area contributed by atoms with Gasteiger partial charge in [-0.3, -0.25) is 4.79 Å². The van der Waals surface area contributed by atoms with Crippen LogP contribution in [0.2, 0.25) is 0 Å². The molecule has 1 amide bonds. The molecule has 0 radical (unpaired) electrons. The number of carbonyl (C=O) groups is 1. The first-order valence-electron chi connectivity index (χ1n) is 6.12. The van der Waals surface area contributed by atoms with Crippen molar-refractivity contribution < 1.29 is 4.79 Å². The Labute approximate surface area is 138 Å². The van der Waals surface area contributed by atoms with Crippen molar-refractivity contribution in [3.8, 4) is 6.07 Å². The highest BCUT2D eigenvalue weighted by Crippen LogP contribution is 2.40. The summed E-state index contributed by atoms with van der Waals surface area (Å²) >= 11 is 6.87. The third-order valence-electron chi connectivity index (χ3n) is 3.21. The Balaban J connectivity index is 2.20. The third kappa shape index (κ3) is 2.53. The molecule has 1 aliphatic rings. The monoisotopic (exact) mass is 402 g/mol. The van der Waals surface area contributed by atoms with Crippen LogP contribution in [0.4, 0.5) is 5.69 Å². The summed E-state index contributed by atoms with van der Waals surface area (Å²) in [7, 11) is 0. The summed E-state index contributed by atoms with van der Waals surface area (Å²) < 4.78 is 1.70. The minimum atomic E-state index is -0.170. The van der Waals surface area contributed by atoms with Gasteiger partial charge in [0.05, 0.1) is 17.3 Å². The molecule has 1 N–H and O–H groups in total. The first-order valence-corrected chi connectivity index (χ1v) is 7.70. The Hall–Kier alpha value is -1.90. The second-order valence-corrected chi connectivity index (χ2v) is 6.29. The highest BCUT2D eigenvalue weighted by Gasteiger charge is 2.26. The van der Waals surface area contributed by atoms with Crippen molar-refractivity contribution in [2.45, 2.75) is 0 Å². The highest BCUT2D eigenvalue weighted by atomic mass is 79.9. The maximum Gasteiger partial charge on any atom is 0.256 e. The zero-order valence-corrected chi connectivity index (χ0v) is 13.8. The molecular weight excluding hydrogens is 396 g/mol. The van der Waals surface area contributed by atoms with E-state index in [2.05, 4.69) is 43.2 Å². The highest BCUT2D eigenvalue weighted by molar-refractivity contribution is 9.11. The van der Waals surface area contributed by atoms with Crippen molar-refractivity contribution in [2.24, 2.45) is 0 Å². The Morgan fingerprint density at radius 1 is 1.19 bits per heavy atom. The van der Waals surface area contributed by atoms with E-state index >= 15 is 0 Å². The minimum absolute atomic E-state index is 0.170. The predicted octanol–water partition coefficient (Wildman–Crippen LogP) is 4.58. The van der Waals surface area contributed by atoms with Gasteiger partial charge in [-0.25, -0.2) is 0 Å². The number of anilines is 1. The predicted molar refractivity (Wildman–Crippen MR) is 89.5 cm³/mol. The number of nitriles is 1. The van der Waals surface area contributed by atoms with Crippen LogP contribution in [-0.2, 0) is 4.79 Å². The van der Waals surface area contributed by atoms with Gasteiger partial charge in [0.15, 0.2) is 0 Å². The number of nitrogens with one attached hydrogen (secondary N) is 1. The van der Waals surface area contributed by atoms with Crippen LogP contribution in [-0.4, -0.2) is 5.91 Å². The Kier molecular flexibility index (Phi) is 3.66. The van der Waals surface area contributed by atoms with E-state index in [4.69, 9.17) is 5.26 Å².